The molecule has 0 aliphatic heterocycles. The van der Waals surface area contributed by atoms with Crippen molar-refractivity contribution >= 4 is 11.5 Å². The maximum atomic E-state index is 12.8. The highest BCUT2D eigenvalue weighted by Crippen LogP contribution is 2.27. The van der Waals surface area contributed by atoms with Gasteiger partial charge in [0.25, 0.3) is 0 Å². The molecule has 6 nitrogen and oxygen atoms in total. The Kier molecular flexibility index (Phi) is 7.54. The number of ketones is 1. The average molecular weight is 416 g/mol. The zero-order chi connectivity index (χ0) is 22.1. The molecule has 3 aromatic rings. The Morgan fingerprint density at radius 1 is 1.00 bits per heavy atom. The summed E-state index contributed by atoms with van der Waals surface area (Å²) in [5, 5.41) is 14.6. The van der Waals surface area contributed by atoms with E-state index in [2.05, 4.69) is 5.32 Å². The van der Waals surface area contributed by atoms with Crippen LogP contribution in [0.5, 0.6) is 5.75 Å². The number of rotatable bonds is 10. The molecule has 0 aliphatic carbocycles. The third-order valence-corrected chi connectivity index (χ3v) is 4.87. The molecule has 1 atom stereocenters. The SMILES string of the molecule is COc1ccc(C(C/C(=C/C(=O)c2ccccc2)Nc2ccccc2)C[N+](=O)[O-])cc1. The lowest BCUT2D eigenvalue weighted by atomic mass is 9.93. The van der Waals surface area contributed by atoms with E-state index in [0.29, 0.717) is 23.4 Å². The van der Waals surface area contributed by atoms with Crippen LogP contribution < -0.4 is 10.1 Å². The number of hydrogen-bond donors (Lipinski definition) is 1. The Bertz CT molecular complexity index is 1030. The fourth-order valence-corrected chi connectivity index (χ4v) is 3.31. The highest BCUT2D eigenvalue weighted by molar-refractivity contribution is 6.05. The number of carbonyl (C=O) groups is 1. The predicted molar refractivity (Wildman–Crippen MR) is 121 cm³/mol. The van der Waals surface area contributed by atoms with Gasteiger partial charge < -0.3 is 10.1 Å². The van der Waals surface area contributed by atoms with Gasteiger partial charge in [0.05, 0.1) is 13.0 Å². The van der Waals surface area contributed by atoms with E-state index in [9.17, 15) is 14.9 Å². The van der Waals surface area contributed by atoms with Gasteiger partial charge in [-0.2, -0.15) is 0 Å². The van der Waals surface area contributed by atoms with Crippen LogP contribution in [0.2, 0.25) is 0 Å². The zero-order valence-corrected chi connectivity index (χ0v) is 17.2. The van der Waals surface area contributed by atoms with Gasteiger partial charge in [-0.25, -0.2) is 0 Å². The van der Waals surface area contributed by atoms with Crippen LogP contribution in [0, 0.1) is 10.1 Å². The van der Waals surface area contributed by atoms with E-state index < -0.39 is 5.92 Å². The molecule has 3 rings (SSSR count). The first kappa shape index (κ1) is 21.8. The van der Waals surface area contributed by atoms with Crippen LogP contribution in [-0.2, 0) is 0 Å². The van der Waals surface area contributed by atoms with Crippen molar-refractivity contribution in [3.63, 3.8) is 0 Å². The lowest BCUT2D eigenvalue weighted by molar-refractivity contribution is -0.483. The third kappa shape index (κ3) is 6.54. The van der Waals surface area contributed by atoms with Crippen molar-refractivity contribution < 1.29 is 14.5 Å². The minimum Gasteiger partial charge on any atom is -0.497 e. The number of hydrogen-bond acceptors (Lipinski definition) is 5. The fraction of sp³-hybridized carbons (Fsp3) is 0.160. The maximum Gasteiger partial charge on any atom is 0.211 e. The third-order valence-electron chi connectivity index (χ3n) is 4.87. The molecule has 3 aromatic carbocycles. The summed E-state index contributed by atoms with van der Waals surface area (Å²) in [4.78, 5) is 23.8. The van der Waals surface area contributed by atoms with Gasteiger partial charge in [0.15, 0.2) is 5.78 Å². The van der Waals surface area contributed by atoms with Gasteiger partial charge in [0.1, 0.15) is 5.75 Å². The summed E-state index contributed by atoms with van der Waals surface area (Å²) in [6.45, 7) is -0.250. The first-order valence-corrected chi connectivity index (χ1v) is 9.93. The van der Waals surface area contributed by atoms with Gasteiger partial charge in [-0.3, -0.25) is 14.9 Å². The Morgan fingerprint density at radius 2 is 1.61 bits per heavy atom. The molecule has 0 amide bonds. The van der Waals surface area contributed by atoms with Crippen LogP contribution in [-0.4, -0.2) is 24.4 Å². The van der Waals surface area contributed by atoms with Crippen molar-refractivity contribution in [3.05, 3.63) is 118 Å². The van der Waals surface area contributed by atoms with E-state index in [1.807, 2.05) is 48.5 Å². The van der Waals surface area contributed by atoms with Gasteiger partial charge in [0.2, 0.25) is 6.54 Å². The minimum atomic E-state index is -0.410. The number of methoxy groups -OCH3 is 1. The first-order valence-electron chi connectivity index (χ1n) is 9.93. The van der Waals surface area contributed by atoms with Crippen molar-refractivity contribution in [2.45, 2.75) is 12.3 Å². The smallest absolute Gasteiger partial charge is 0.211 e. The number of nitro groups is 1. The van der Waals surface area contributed by atoms with Crippen LogP contribution in [0.25, 0.3) is 0 Å². The topological polar surface area (TPSA) is 81.5 Å². The van der Waals surface area contributed by atoms with Crippen LogP contribution in [0.4, 0.5) is 5.69 Å². The summed E-state index contributed by atoms with van der Waals surface area (Å²) in [6, 6.07) is 25.6. The number of allylic oxidation sites excluding steroid dienone is 2. The molecule has 6 heteroatoms. The van der Waals surface area contributed by atoms with E-state index in [1.54, 1.807) is 43.5 Å². The van der Waals surface area contributed by atoms with Crippen molar-refractivity contribution in [2.75, 3.05) is 19.0 Å². The Balaban J connectivity index is 1.92. The van der Waals surface area contributed by atoms with E-state index >= 15 is 0 Å². The summed E-state index contributed by atoms with van der Waals surface area (Å²) in [5.74, 6) is 0.113. The predicted octanol–water partition coefficient (Wildman–Crippen LogP) is 5.32. The highest BCUT2D eigenvalue weighted by atomic mass is 16.6. The number of ether oxygens (including phenoxy) is 1. The second kappa shape index (κ2) is 10.7. The van der Waals surface area contributed by atoms with Crippen LogP contribution >= 0.6 is 0 Å². The summed E-state index contributed by atoms with van der Waals surface area (Å²) < 4.78 is 5.19. The van der Waals surface area contributed by atoms with E-state index in [-0.39, 0.29) is 17.3 Å². The molecule has 0 bridgehead atoms. The molecule has 0 heterocycles. The molecule has 1 N–H and O–H groups in total. The molecule has 0 radical (unpaired) electrons. The van der Waals surface area contributed by atoms with Crippen LogP contribution in [0.3, 0.4) is 0 Å². The molecule has 1 unspecified atom stereocenters. The molecule has 0 spiro atoms. The molecule has 0 saturated heterocycles. The lowest BCUT2D eigenvalue weighted by Crippen LogP contribution is -2.16. The Morgan fingerprint density at radius 3 is 2.19 bits per heavy atom. The minimum absolute atomic E-state index is 0.159. The van der Waals surface area contributed by atoms with Gasteiger partial charge in [-0.05, 0) is 29.8 Å². The number of para-hydroxylation sites is 1. The molecule has 0 aromatic heterocycles. The van der Waals surface area contributed by atoms with Crippen molar-refractivity contribution in [1.29, 1.82) is 0 Å². The van der Waals surface area contributed by atoms with E-state index in [0.717, 1.165) is 11.3 Å². The van der Waals surface area contributed by atoms with Gasteiger partial charge in [0, 0.05) is 34.4 Å². The van der Waals surface area contributed by atoms with E-state index in [1.165, 1.54) is 6.08 Å². The summed E-state index contributed by atoms with van der Waals surface area (Å²) in [5.41, 5.74) is 2.79. The molecular formula is C25H24N2O4. The fourth-order valence-electron chi connectivity index (χ4n) is 3.31. The van der Waals surface area contributed by atoms with Crippen molar-refractivity contribution in [2.24, 2.45) is 0 Å². The first-order chi connectivity index (χ1) is 15.0. The summed E-state index contributed by atoms with van der Waals surface area (Å²) in [7, 11) is 1.57. The van der Waals surface area contributed by atoms with E-state index in [4.69, 9.17) is 4.74 Å². The number of nitrogens with one attached hydrogen (secondary N) is 1. The molecule has 158 valence electrons. The van der Waals surface area contributed by atoms with Crippen LogP contribution in [0.15, 0.2) is 96.7 Å². The number of carbonyl (C=O) groups excluding carboxylic acids is 1. The molecule has 0 aliphatic rings. The van der Waals surface area contributed by atoms with Crippen LogP contribution in [0.1, 0.15) is 28.3 Å². The number of benzene rings is 3. The zero-order valence-electron chi connectivity index (χ0n) is 17.2. The maximum absolute atomic E-state index is 12.8. The lowest BCUT2D eigenvalue weighted by Gasteiger charge is -2.18. The second-order valence-corrected chi connectivity index (χ2v) is 7.08. The van der Waals surface area contributed by atoms with Crippen molar-refractivity contribution in [1.82, 2.24) is 0 Å². The molecule has 0 saturated carbocycles. The second-order valence-electron chi connectivity index (χ2n) is 7.08. The average Bonchev–Trinajstić information content (AvgIpc) is 2.79. The Labute approximate surface area is 181 Å². The largest absolute Gasteiger partial charge is 0.497 e. The standard InChI is InChI=1S/C25H24N2O4/c1-31-24-14-12-19(13-15-24)21(18-27(29)30)16-23(26-22-10-6-3-7-11-22)17-25(28)20-8-4-2-5-9-20/h2-15,17,21,26H,16,18H2,1H3/b23-17-. The normalized spacial score (nSPS) is 12.1. The van der Waals surface area contributed by atoms with Crippen molar-refractivity contribution in [3.8, 4) is 5.75 Å². The molecular weight excluding hydrogens is 392 g/mol. The molecule has 31 heavy (non-hydrogen) atoms. The highest BCUT2D eigenvalue weighted by Gasteiger charge is 2.21. The molecule has 0 fully saturated rings. The number of nitrogens with zero attached hydrogens (tertiary/aromatic N) is 1. The van der Waals surface area contributed by atoms with Gasteiger partial charge in [-0.15, -0.1) is 0 Å². The quantitative estimate of drug-likeness (QED) is 0.209. The monoisotopic (exact) mass is 416 g/mol. The Hall–Kier alpha value is -3.93. The number of anilines is 1. The summed E-state index contributed by atoms with van der Waals surface area (Å²) in [6.07, 6.45) is 1.83. The summed E-state index contributed by atoms with van der Waals surface area (Å²) >= 11 is 0. The van der Waals surface area contributed by atoms with Gasteiger partial charge >= 0.3 is 0 Å². The van der Waals surface area contributed by atoms with Gasteiger partial charge in [-0.1, -0.05) is 60.7 Å².